The molecule has 1 aromatic rings. The molecule has 0 radical (unpaired) electrons. The Morgan fingerprint density at radius 3 is 2.59 bits per heavy atom. The average molecular weight is 258 g/mol. The van der Waals surface area contributed by atoms with Gasteiger partial charge in [-0.05, 0) is 19.0 Å². The molecule has 0 atom stereocenters. The Morgan fingerprint density at radius 1 is 1.24 bits per heavy atom. The molecule has 96 valence electrons. The lowest BCUT2D eigenvalue weighted by atomic mass is 10.1. The van der Waals surface area contributed by atoms with Crippen LogP contribution in [0.5, 0.6) is 11.5 Å². The SMILES string of the molecule is CCCCNCc1cc(Cl)cc(OC)c1OC. The van der Waals surface area contributed by atoms with E-state index in [4.69, 9.17) is 21.1 Å². The second-order valence-corrected chi connectivity index (χ2v) is 4.27. The lowest BCUT2D eigenvalue weighted by Gasteiger charge is -2.14. The number of ether oxygens (including phenoxy) is 2. The molecule has 1 aromatic carbocycles. The summed E-state index contributed by atoms with van der Waals surface area (Å²) in [5.74, 6) is 1.42. The highest BCUT2D eigenvalue weighted by atomic mass is 35.5. The Balaban J connectivity index is 2.78. The van der Waals surface area contributed by atoms with Crippen molar-refractivity contribution in [3.05, 3.63) is 22.7 Å². The zero-order valence-corrected chi connectivity index (χ0v) is 11.4. The molecule has 0 aromatic heterocycles. The van der Waals surface area contributed by atoms with Gasteiger partial charge in [-0.2, -0.15) is 0 Å². The standard InChI is InChI=1S/C13H20ClNO2/c1-4-5-6-15-9-10-7-11(14)8-12(16-2)13(10)17-3/h7-8,15H,4-6,9H2,1-3H3. The van der Waals surface area contributed by atoms with Crippen molar-refractivity contribution in [1.82, 2.24) is 5.32 Å². The Kier molecular flexibility index (Phi) is 6.16. The van der Waals surface area contributed by atoms with Crippen LogP contribution in [0.3, 0.4) is 0 Å². The van der Waals surface area contributed by atoms with E-state index in [-0.39, 0.29) is 0 Å². The highest BCUT2D eigenvalue weighted by Gasteiger charge is 2.11. The maximum Gasteiger partial charge on any atom is 0.165 e. The third-order valence-corrected chi connectivity index (χ3v) is 2.76. The van der Waals surface area contributed by atoms with Crippen LogP contribution in [0.25, 0.3) is 0 Å². The molecule has 4 heteroatoms. The molecule has 0 heterocycles. The molecule has 0 spiro atoms. The van der Waals surface area contributed by atoms with Gasteiger partial charge in [0, 0.05) is 23.2 Å². The molecule has 0 aliphatic rings. The van der Waals surface area contributed by atoms with Crippen LogP contribution in [0.15, 0.2) is 12.1 Å². The molecule has 0 bridgehead atoms. The number of benzene rings is 1. The number of hydrogen-bond donors (Lipinski definition) is 1. The van der Waals surface area contributed by atoms with Gasteiger partial charge >= 0.3 is 0 Å². The number of nitrogens with one attached hydrogen (secondary N) is 1. The zero-order chi connectivity index (χ0) is 12.7. The van der Waals surface area contributed by atoms with E-state index in [2.05, 4.69) is 12.2 Å². The van der Waals surface area contributed by atoms with Gasteiger partial charge in [0.15, 0.2) is 11.5 Å². The molecule has 0 fully saturated rings. The largest absolute Gasteiger partial charge is 0.493 e. The first-order chi connectivity index (χ1) is 8.22. The minimum atomic E-state index is 0.662. The van der Waals surface area contributed by atoms with Gasteiger partial charge in [-0.1, -0.05) is 24.9 Å². The van der Waals surface area contributed by atoms with Crippen molar-refractivity contribution in [1.29, 1.82) is 0 Å². The first-order valence-electron chi connectivity index (χ1n) is 5.84. The van der Waals surface area contributed by atoms with Gasteiger partial charge in [-0.25, -0.2) is 0 Å². The summed E-state index contributed by atoms with van der Waals surface area (Å²) in [5, 5.41) is 4.02. The summed E-state index contributed by atoms with van der Waals surface area (Å²) in [5.41, 5.74) is 1.02. The van der Waals surface area contributed by atoms with Crippen molar-refractivity contribution in [2.24, 2.45) is 0 Å². The Hall–Kier alpha value is -0.930. The third kappa shape index (κ3) is 4.10. The first-order valence-corrected chi connectivity index (χ1v) is 6.21. The summed E-state index contributed by atoms with van der Waals surface area (Å²) in [7, 11) is 3.25. The van der Waals surface area contributed by atoms with Crippen LogP contribution in [-0.4, -0.2) is 20.8 Å². The molecule has 3 nitrogen and oxygen atoms in total. The van der Waals surface area contributed by atoms with Crippen LogP contribution >= 0.6 is 11.6 Å². The van der Waals surface area contributed by atoms with E-state index in [9.17, 15) is 0 Å². The van der Waals surface area contributed by atoms with Crippen LogP contribution in [0.2, 0.25) is 5.02 Å². The quantitative estimate of drug-likeness (QED) is 0.761. The maximum absolute atomic E-state index is 6.03. The minimum absolute atomic E-state index is 0.662. The van der Waals surface area contributed by atoms with Crippen molar-refractivity contribution in [3.63, 3.8) is 0 Å². The molecule has 1 N–H and O–H groups in total. The lowest BCUT2D eigenvalue weighted by Crippen LogP contribution is -2.15. The van der Waals surface area contributed by atoms with Crippen LogP contribution in [0, 0.1) is 0 Å². The second kappa shape index (κ2) is 7.41. The predicted octanol–water partition coefficient (Wildman–Crippen LogP) is 3.25. The fourth-order valence-corrected chi connectivity index (χ4v) is 1.89. The summed E-state index contributed by atoms with van der Waals surface area (Å²) in [6.45, 7) is 3.90. The molecule has 0 amide bonds. The smallest absolute Gasteiger partial charge is 0.165 e. The number of hydrogen-bond acceptors (Lipinski definition) is 3. The number of methoxy groups -OCH3 is 2. The van der Waals surface area contributed by atoms with Gasteiger partial charge in [0.2, 0.25) is 0 Å². The summed E-state index contributed by atoms with van der Waals surface area (Å²) in [6, 6.07) is 3.66. The Labute approximate surface area is 108 Å². The van der Waals surface area contributed by atoms with E-state index in [1.54, 1.807) is 20.3 Å². The van der Waals surface area contributed by atoms with E-state index in [1.807, 2.05) is 6.07 Å². The van der Waals surface area contributed by atoms with E-state index in [1.165, 1.54) is 12.8 Å². The van der Waals surface area contributed by atoms with E-state index in [0.717, 1.165) is 24.4 Å². The monoisotopic (exact) mass is 257 g/mol. The van der Waals surface area contributed by atoms with Gasteiger partial charge in [0.1, 0.15) is 0 Å². The van der Waals surface area contributed by atoms with E-state index in [0.29, 0.717) is 10.8 Å². The normalized spacial score (nSPS) is 10.4. The topological polar surface area (TPSA) is 30.5 Å². The highest BCUT2D eigenvalue weighted by Crippen LogP contribution is 2.34. The second-order valence-electron chi connectivity index (χ2n) is 3.83. The predicted molar refractivity (Wildman–Crippen MR) is 71.2 cm³/mol. The average Bonchev–Trinajstić information content (AvgIpc) is 2.33. The minimum Gasteiger partial charge on any atom is -0.493 e. The molecular weight excluding hydrogens is 238 g/mol. The zero-order valence-electron chi connectivity index (χ0n) is 10.7. The fourth-order valence-electron chi connectivity index (χ4n) is 1.66. The van der Waals surface area contributed by atoms with Gasteiger partial charge in [-0.15, -0.1) is 0 Å². The van der Waals surface area contributed by atoms with Crippen LogP contribution in [0.1, 0.15) is 25.3 Å². The fraction of sp³-hybridized carbons (Fsp3) is 0.538. The molecule has 0 saturated heterocycles. The number of halogens is 1. The molecule has 0 aliphatic heterocycles. The summed E-state index contributed by atoms with van der Waals surface area (Å²) >= 11 is 6.03. The van der Waals surface area contributed by atoms with Crippen molar-refractivity contribution < 1.29 is 9.47 Å². The number of unbranched alkanes of at least 4 members (excludes halogenated alkanes) is 1. The van der Waals surface area contributed by atoms with Crippen LogP contribution in [0.4, 0.5) is 0 Å². The van der Waals surface area contributed by atoms with Gasteiger partial charge < -0.3 is 14.8 Å². The molecule has 17 heavy (non-hydrogen) atoms. The summed E-state index contributed by atoms with van der Waals surface area (Å²) < 4.78 is 10.6. The first kappa shape index (κ1) is 14.1. The molecular formula is C13H20ClNO2. The lowest BCUT2D eigenvalue weighted by molar-refractivity contribution is 0.350. The molecule has 0 aliphatic carbocycles. The van der Waals surface area contributed by atoms with Crippen molar-refractivity contribution in [2.45, 2.75) is 26.3 Å². The van der Waals surface area contributed by atoms with Crippen molar-refractivity contribution in [2.75, 3.05) is 20.8 Å². The van der Waals surface area contributed by atoms with Gasteiger partial charge in [-0.3, -0.25) is 0 Å². The molecule has 1 rings (SSSR count). The molecule has 0 unspecified atom stereocenters. The van der Waals surface area contributed by atoms with E-state index >= 15 is 0 Å². The van der Waals surface area contributed by atoms with Crippen molar-refractivity contribution in [3.8, 4) is 11.5 Å². The maximum atomic E-state index is 6.03. The van der Waals surface area contributed by atoms with Gasteiger partial charge in [0.05, 0.1) is 14.2 Å². The summed E-state index contributed by atoms with van der Waals surface area (Å²) in [4.78, 5) is 0. The van der Waals surface area contributed by atoms with E-state index < -0.39 is 0 Å². The highest BCUT2D eigenvalue weighted by molar-refractivity contribution is 6.30. The van der Waals surface area contributed by atoms with Crippen LogP contribution < -0.4 is 14.8 Å². The Bertz CT molecular complexity index is 356. The summed E-state index contributed by atoms with van der Waals surface area (Å²) in [6.07, 6.45) is 2.35. The number of rotatable bonds is 7. The Morgan fingerprint density at radius 2 is 2.00 bits per heavy atom. The third-order valence-electron chi connectivity index (χ3n) is 2.54. The van der Waals surface area contributed by atoms with Crippen molar-refractivity contribution >= 4 is 11.6 Å². The van der Waals surface area contributed by atoms with Crippen LogP contribution in [-0.2, 0) is 6.54 Å². The molecule has 0 saturated carbocycles. The van der Waals surface area contributed by atoms with Gasteiger partial charge in [0.25, 0.3) is 0 Å².